The molecule has 0 aliphatic carbocycles. The molecule has 0 bridgehead atoms. The van der Waals surface area contributed by atoms with Gasteiger partial charge in [0.1, 0.15) is 28.5 Å². The Hall–Kier alpha value is -11.7. The molecule has 3 unspecified atom stereocenters. The molecule has 0 fully saturated rings. The third-order valence-electron chi connectivity index (χ3n) is 31.8. The minimum absolute atomic E-state index is 0.0572. The van der Waals surface area contributed by atoms with Crippen LogP contribution in [0, 0.1) is 62.2 Å². The molecule has 0 radical (unpaired) electrons. The zero-order valence-electron chi connectivity index (χ0n) is 106. The van der Waals surface area contributed by atoms with Gasteiger partial charge in [-0.3, -0.25) is 0 Å². The van der Waals surface area contributed by atoms with E-state index in [2.05, 4.69) is 350 Å². The summed E-state index contributed by atoms with van der Waals surface area (Å²) in [5.41, 5.74) is 25.3. The lowest BCUT2D eigenvalue weighted by Crippen LogP contribution is -2.62. The average molecular weight is 2020 g/mol. The van der Waals surface area contributed by atoms with Crippen LogP contribution in [0.15, 0.2) is 158 Å². The van der Waals surface area contributed by atoms with E-state index in [1.807, 2.05) is 60.8 Å². The number of imidazole rings is 5. The molecular formula is C124H153N10O5Si5+5. The zero-order chi connectivity index (χ0) is 116. The highest BCUT2D eigenvalue weighted by atomic mass is 28.4. The van der Waals surface area contributed by atoms with Crippen molar-refractivity contribution in [2.45, 2.75) is 326 Å². The predicted octanol–water partition coefficient (Wildman–Crippen LogP) is 28.0. The second-order valence-corrected chi connectivity index (χ2v) is 61.7. The normalized spacial score (nSPS) is 19.4. The maximum atomic E-state index is 8.51. The molecule has 744 valence electrons. The van der Waals surface area contributed by atoms with Gasteiger partial charge in [-0.1, -0.05) is 191 Å². The molecule has 5 aliphatic heterocycles. The molecule has 0 saturated heterocycles. The lowest BCUT2D eigenvalue weighted by molar-refractivity contribution is -0.463. The summed E-state index contributed by atoms with van der Waals surface area (Å²) >= 11 is 0. The standard InChI is InChI=1S/4C25H31N2OSi.C24H29N2OSi/c4*1-14(2)18-10-9-11-19-21-16(5)12-13-20-23(21)27-24(22(18)19)26(15(3)4)17(6)25(27)29(7,8)28-20;1-14(2)17-10-8-11-18-19-12-9-13-20-22(19)26-23(21(17)18)25(15(3)4)16(5)24(26)28(6,7)27-20/h4*9-15H,1-8H3;8-15H,1-7H3/q5*+1/i5D3,7D3;7D3;5D3;;6D3. The molecule has 3 atom stereocenters. The second kappa shape index (κ2) is 34.0. The van der Waals surface area contributed by atoms with Crippen LogP contribution in [0.5, 0.6) is 28.7 Å². The number of fused-ring (bicyclic) bond motifs is 15. The van der Waals surface area contributed by atoms with Gasteiger partial charge in [0.05, 0.1) is 57.1 Å². The quantitative estimate of drug-likeness (QED) is 0.0773. The Labute approximate surface area is 877 Å². The fraction of sp³-hybridized carbons (Fsp3) is 0.395. The van der Waals surface area contributed by atoms with Crippen LogP contribution in [0.1, 0.15) is 297 Å². The third-order valence-corrected chi connectivity index (χ3v) is 43.0. The molecule has 25 rings (SSSR count). The van der Waals surface area contributed by atoms with Gasteiger partial charge in [-0.2, -0.15) is 22.0 Å². The number of hydrogen-bond donors (Lipinski definition) is 0. The highest BCUT2D eigenvalue weighted by Gasteiger charge is 2.54. The number of aryl methyl sites for hydroxylation is 4. The Bertz CT molecular complexity index is 9650. The van der Waals surface area contributed by atoms with Gasteiger partial charge in [-0.25, -0.2) is 22.8 Å². The Balaban J connectivity index is 0.000000115. The first-order valence-electron chi connectivity index (χ1n) is 59.8. The van der Waals surface area contributed by atoms with Crippen LogP contribution in [0.2, 0.25) is 65.3 Å². The topological polar surface area (TPSA) is 91.3 Å². The number of para-hydroxylation sites is 1. The Morgan fingerprint density at radius 3 is 0.667 bits per heavy atom. The summed E-state index contributed by atoms with van der Waals surface area (Å²) in [5, 5.41) is 21.6. The third kappa shape index (κ3) is 13.9. The largest absolute Gasteiger partial charge is 0.533 e. The van der Waals surface area contributed by atoms with Gasteiger partial charge in [0, 0.05) is 109 Å². The minimum atomic E-state index is -3.53. The van der Waals surface area contributed by atoms with Crippen LogP contribution in [0.3, 0.4) is 0 Å². The molecule has 0 N–H and O–H groups in total. The summed E-state index contributed by atoms with van der Waals surface area (Å²) in [6.45, 7) is 62.4. The number of benzene rings is 10. The number of pyridine rings is 5. The molecule has 0 spiro atoms. The van der Waals surface area contributed by atoms with Crippen molar-refractivity contribution in [2.24, 2.45) is 0 Å². The number of aromatic nitrogens is 10. The van der Waals surface area contributed by atoms with Crippen molar-refractivity contribution in [3.63, 3.8) is 0 Å². The van der Waals surface area contributed by atoms with Gasteiger partial charge >= 0.3 is 41.6 Å². The summed E-state index contributed by atoms with van der Waals surface area (Å²) < 4.78 is 182. The molecular weight excluding hydrogens is 1850 g/mol. The van der Waals surface area contributed by atoms with Crippen molar-refractivity contribution in [1.82, 2.24) is 22.8 Å². The predicted molar refractivity (Wildman–Crippen MR) is 617 cm³/mol. The van der Waals surface area contributed by atoms with Gasteiger partial charge < -0.3 is 22.1 Å². The van der Waals surface area contributed by atoms with Crippen molar-refractivity contribution in [3.8, 4) is 28.7 Å². The SMILES string of the molecule is Cc1ccc2c3c1c1cccc(C(C)C)c1c1n(C(C)C)c(C)c([n+]31)[Si](C)(C)O2.[2H]C([2H])([2H])[Si]1(C)Oc2ccc(C)c3c4cccc(C(C)C)c4c4n(C(C)C)c(C)c1[n+]4c23.[2H]C([2H])([2H])[Si]1(C)Oc2cccc3c4cccc(C(C)C)c4c4n(C(C)C)c(C)c1[n+]4c23.[2H]C([2H])([2H])c1ccc2c3c1c1cccc(C(C)C)c1c1n(C(C)C)c(C)c([n+]31)[Si](C)(C([2H])([2H])[2H])O2.[2H]C([2H])([2H])c1ccc2c3c1c1cccc(C(C)C)c1c1n(C(C)C)c(C)c([n+]31)[Si](C)(C)O2. The van der Waals surface area contributed by atoms with Crippen LogP contribution in [-0.2, 0) is 0 Å². The molecule has 0 amide bonds. The Kier molecular flexibility index (Phi) is 19.2. The Morgan fingerprint density at radius 2 is 0.424 bits per heavy atom. The van der Waals surface area contributed by atoms with Crippen molar-refractivity contribution < 1.29 is 64.7 Å². The average Bonchev–Trinajstić information content (AvgIpc) is 1.57. The molecule has 144 heavy (non-hydrogen) atoms. The molecule has 5 aliphatic rings. The van der Waals surface area contributed by atoms with E-state index in [9.17, 15) is 0 Å². The minimum Gasteiger partial charge on any atom is -0.533 e. The van der Waals surface area contributed by atoms with Crippen molar-refractivity contribution >= 4 is 205 Å². The first-order chi connectivity index (χ1) is 74.0. The van der Waals surface area contributed by atoms with E-state index in [0.29, 0.717) is 68.7 Å². The maximum absolute atomic E-state index is 8.51. The van der Waals surface area contributed by atoms with Crippen LogP contribution in [-0.4, -0.2) is 64.4 Å². The molecule has 15 nitrogen and oxygen atoms in total. The highest BCUT2D eigenvalue weighted by Crippen LogP contribution is 2.49. The van der Waals surface area contributed by atoms with E-state index >= 15 is 0 Å². The van der Waals surface area contributed by atoms with E-state index < -0.39 is 74.7 Å². The highest BCUT2D eigenvalue weighted by molar-refractivity contribution is 6.86. The lowest BCUT2D eigenvalue weighted by atomic mass is 9.93. The molecule has 10 aromatic carbocycles. The van der Waals surface area contributed by atoms with Gasteiger partial charge in [-0.15, -0.1) is 0 Å². The van der Waals surface area contributed by atoms with Crippen LogP contribution < -0.4 is 70.7 Å². The smallest absolute Gasteiger partial charge is 0.324 e. The fourth-order valence-corrected chi connectivity index (χ4v) is 38.3. The number of hydrogen-bond acceptors (Lipinski definition) is 5. The molecule has 15 heterocycles. The van der Waals surface area contributed by atoms with Gasteiger partial charge in [0.25, 0.3) is 28.2 Å². The number of nitrogens with zero attached hydrogens (tertiary/aromatic N) is 10. The van der Waals surface area contributed by atoms with Crippen molar-refractivity contribution in [1.29, 1.82) is 0 Å². The first kappa shape index (κ1) is 81.5. The van der Waals surface area contributed by atoms with Crippen LogP contribution in [0.25, 0.3) is 137 Å². The maximum Gasteiger partial charge on any atom is 0.324 e. The van der Waals surface area contributed by atoms with Crippen molar-refractivity contribution in [3.05, 3.63) is 236 Å². The number of rotatable bonds is 10. The molecule has 20 heteroatoms. The first-order valence-corrected chi connectivity index (χ1v) is 65.3. The summed E-state index contributed by atoms with van der Waals surface area (Å²) in [6, 6.07) is 54.7. The van der Waals surface area contributed by atoms with E-state index in [4.69, 9.17) is 42.7 Å². The van der Waals surface area contributed by atoms with E-state index in [-0.39, 0.29) is 35.6 Å². The summed E-state index contributed by atoms with van der Waals surface area (Å²) in [7, 11) is -14.6. The summed E-state index contributed by atoms with van der Waals surface area (Å²) in [4.78, 5) is 0. The van der Waals surface area contributed by atoms with Crippen LogP contribution in [0.4, 0.5) is 0 Å². The Morgan fingerprint density at radius 1 is 0.222 bits per heavy atom. The van der Waals surface area contributed by atoms with Gasteiger partial charge in [0.2, 0.25) is 0 Å². The summed E-state index contributed by atoms with van der Waals surface area (Å²) in [5.74, 6) is 5.30. The van der Waals surface area contributed by atoms with E-state index in [1.54, 1.807) is 24.7 Å². The summed E-state index contributed by atoms with van der Waals surface area (Å²) in [6.07, 6.45) is 0. The molecule has 10 aromatic heterocycles. The molecule has 0 saturated carbocycles. The van der Waals surface area contributed by atoms with Crippen molar-refractivity contribution in [2.75, 3.05) is 0 Å². The van der Waals surface area contributed by atoms with Gasteiger partial charge in [0.15, 0.2) is 82.9 Å². The zero-order valence-corrected chi connectivity index (χ0v) is 95.8. The van der Waals surface area contributed by atoms with E-state index in [1.165, 1.54) is 104 Å². The molecule has 20 aromatic rings. The lowest BCUT2D eigenvalue weighted by Gasteiger charge is -2.27. The van der Waals surface area contributed by atoms with Gasteiger partial charge in [-0.05, 0) is 278 Å². The fourth-order valence-electron chi connectivity index (χ4n) is 26.7. The monoisotopic (exact) mass is 2020 g/mol. The van der Waals surface area contributed by atoms with E-state index in [0.717, 1.165) is 122 Å². The van der Waals surface area contributed by atoms with Crippen LogP contribution >= 0.6 is 0 Å². The second-order valence-electron chi connectivity index (χ2n) is 46.1.